The summed E-state index contributed by atoms with van der Waals surface area (Å²) in [5.41, 5.74) is 22.5. The van der Waals surface area contributed by atoms with Crippen molar-refractivity contribution in [3.8, 4) is 5.75 Å². The van der Waals surface area contributed by atoms with Gasteiger partial charge in [0, 0.05) is 32.2 Å². The molecule has 0 radical (unpaired) electrons. The predicted octanol–water partition coefficient (Wildman–Crippen LogP) is -3.93. The maximum absolute atomic E-state index is 14.3. The number of amides is 11. The standard InChI is InChI=1S/C57H87N15O15/c1-6-31(4)46(71-50(81)37-15-11-24-62-37)55(86)70-42(27-33-12-8-7-9-13-33)54(85)72-47(32(5)73)56(87)69-41(28-34-16-18-35(74)19-17-34)49(80)64-29-44(76)65-38(21-23-45(77)78)51(82)68-40(26-30(2)3)53(84)67-39(20-22-43(58)75)52(83)66-36(48(59)79)14-10-25-63-57(60)61/h7-9,12-13,16-19,30-32,36-42,46-47,62,73-74H,6,10-11,14-15,20-29H2,1-5H3,(H2,58,75)(H2,59,79)(H,64,80)(H,65,76)(H,66,83)(H,67,84)(H,68,82)(H,69,87)(H,70,86)(H,71,81)(H,72,85)(H,77,78)(H4,60,61,63)/t31-,32+,36-,37-,38-,39-,40-,41-,42-,46-,47-/m0/s1. The summed E-state index contributed by atoms with van der Waals surface area (Å²) in [6.45, 7) is 8.03. The summed E-state index contributed by atoms with van der Waals surface area (Å²) in [5, 5.41) is 56.3. The number of guanidine groups is 1. The summed E-state index contributed by atoms with van der Waals surface area (Å²) >= 11 is 0. The Kier molecular flexibility index (Phi) is 30.6. The van der Waals surface area contributed by atoms with Gasteiger partial charge in [-0.3, -0.25) is 62.5 Å². The molecule has 1 fully saturated rings. The third kappa shape index (κ3) is 26.5. The van der Waals surface area contributed by atoms with Crippen molar-refractivity contribution in [1.82, 2.24) is 53.2 Å². The lowest BCUT2D eigenvalue weighted by Gasteiger charge is -2.29. The number of phenols is 1. The van der Waals surface area contributed by atoms with Gasteiger partial charge in [0.2, 0.25) is 65.0 Å². The topological polar surface area (TPSA) is 502 Å². The number of hydrogen-bond donors (Lipinski definition) is 17. The monoisotopic (exact) mass is 1220 g/mol. The highest BCUT2D eigenvalue weighted by atomic mass is 16.4. The molecule has 87 heavy (non-hydrogen) atoms. The van der Waals surface area contributed by atoms with E-state index in [4.69, 9.17) is 22.9 Å². The number of carboxylic acids is 1. The minimum absolute atomic E-state index is 0.0137. The van der Waals surface area contributed by atoms with E-state index < -0.39 is 151 Å². The number of carboxylic acid groups (broad SMARTS) is 1. The second kappa shape index (κ2) is 36.8. The third-order valence-electron chi connectivity index (χ3n) is 14.1. The number of aliphatic carboxylic acids is 1. The van der Waals surface area contributed by atoms with Gasteiger partial charge in [-0.1, -0.05) is 76.6 Å². The van der Waals surface area contributed by atoms with Crippen LogP contribution in [0.3, 0.4) is 0 Å². The van der Waals surface area contributed by atoms with Crippen molar-refractivity contribution >= 4 is 76.9 Å². The van der Waals surface area contributed by atoms with E-state index in [1.807, 2.05) is 6.92 Å². The average Bonchev–Trinajstić information content (AvgIpc) is 4.10. The fourth-order valence-corrected chi connectivity index (χ4v) is 9.12. The fraction of sp³-hybridized carbons (Fsp3) is 0.561. The minimum atomic E-state index is -1.77. The van der Waals surface area contributed by atoms with E-state index >= 15 is 0 Å². The van der Waals surface area contributed by atoms with Crippen LogP contribution in [0.2, 0.25) is 0 Å². The minimum Gasteiger partial charge on any atom is -0.508 e. The number of benzene rings is 2. The van der Waals surface area contributed by atoms with Crippen LogP contribution in [-0.2, 0) is 70.4 Å². The predicted molar refractivity (Wildman–Crippen MR) is 316 cm³/mol. The van der Waals surface area contributed by atoms with Gasteiger partial charge in [-0.2, -0.15) is 0 Å². The van der Waals surface area contributed by atoms with Crippen molar-refractivity contribution in [3.63, 3.8) is 0 Å². The number of aliphatic hydroxyl groups is 1. The summed E-state index contributed by atoms with van der Waals surface area (Å²) in [7, 11) is 0. The lowest BCUT2D eigenvalue weighted by molar-refractivity contribution is -0.138. The number of aliphatic imine (C=N–C) groups is 1. The maximum atomic E-state index is 14.3. The van der Waals surface area contributed by atoms with Crippen LogP contribution in [0.25, 0.3) is 0 Å². The summed E-state index contributed by atoms with van der Waals surface area (Å²) in [6, 6.07) is 1.93. The molecule has 0 unspecified atom stereocenters. The molecule has 30 nitrogen and oxygen atoms in total. The van der Waals surface area contributed by atoms with Gasteiger partial charge in [-0.05, 0) is 93.5 Å². The molecule has 11 atom stereocenters. The first-order valence-corrected chi connectivity index (χ1v) is 28.9. The maximum Gasteiger partial charge on any atom is 0.303 e. The molecule has 21 N–H and O–H groups in total. The Morgan fingerprint density at radius 3 is 1.68 bits per heavy atom. The smallest absolute Gasteiger partial charge is 0.303 e. The summed E-state index contributed by atoms with van der Waals surface area (Å²) in [6.07, 6.45) is -2.05. The van der Waals surface area contributed by atoms with E-state index in [2.05, 4.69) is 58.2 Å². The number of nitrogens with zero attached hydrogens (tertiary/aromatic N) is 1. The van der Waals surface area contributed by atoms with Crippen LogP contribution in [0.4, 0.5) is 0 Å². The van der Waals surface area contributed by atoms with Crippen molar-refractivity contribution in [2.45, 2.75) is 172 Å². The first kappa shape index (κ1) is 72.3. The van der Waals surface area contributed by atoms with Gasteiger partial charge in [-0.15, -0.1) is 0 Å². The lowest BCUT2D eigenvalue weighted by Crippen LogP contribution is -2.62. The van der Waals surface area contributed by atoms with E-state index in [1.165, 1.54) is 31.2 Å². The van der Waals surface area contributed by atoms with Gasteiger partial charge in [0.1, 0.15) is 54.1 Å². The molecule has 0 saturated carbocycles. The van der Waals surface area contributed by atoms with Crippen molar-refractivity contribution in [2.24, 2.45) is 39.8 Å². The van der Waals surface area contributed by atoms with E-state index in [0.717, 1.165) is 6.42 Å². The quantitative estimate of drug-likeness (QED) is 0.0173. The van der Waals surface area contributed by atoms with Crippen molar-refractivity contribution in [1.29, 1.82) is 0 Å². The van der Waals surface area contributed by atoms with Crippen LogP contribution < -0.4 is 76.1 Å². The zero-order valence-electron chi connectivity index (χ0n) is 49.7. The van der Waals surface area contributed by atoms with Crippen molar-refractivity contribution < 1.29 is 72.9 Å². The molecule has 30 heteroatoms. The number of primary amides is 2. The largest absolute Gasteiger partial charge is 0.508 e. The summed E-state index contributed by atoms with van der Waals surface area (Å²) in [4.78, 5) is 165. The molecular formula is C57H87N15O15. The van der Waals surface area contributed by atoms with Gasteiger partial charge in [0.05, 0.1) is 18.7 Å². The van der Waals surface area contributed by atoms with Crippen LogP contribution >= 0.6 is 0 Å². The Labute approximate surface area is 504 Å². The zero-order chi connectivity index (χ0) is 64.9. The molecular weight excluding hydrogens is 1130 g/mol. The SMILES string of the molecule is CC[C@H](C)[C@H](NC(=O)[C@@H]1CCCN1)C(=O)N[C@@H](Cc1ccccc1)C(=O)N[C@H](C(=O)N[C@@H](Cc1ccc(O)cc1)C(=O)NCC(=O)N[C@@H](CCC(=O)O)C(=O)N[C@@H](CC(C)C)C(=O)N[C@@H](CCC(N)=O)C(=O)N[C@@H](CCCN=C(N)N)C(N)=O)[C@@H](C)O. The number of carbonyl (C=O) groups excluding carboxylic acids is 11. The Morgan fingerprint density at radius 1 is 0.609 bits per heavy atom. The molecule has 0 spiro atoms. The number of rotatable bonds is 38. The van der Waals surface area contributed by atoms with Crippen LogP contribution in [0.5, 0.6) is 5.75 Å². The molecule has 1 aliphatic heterocycles. The first-order chi connectivity index (χ1) is 41.1. The Hall–Kier alpha value is -8.93. The summed E-state index contributed by atoms with van der Waals surface area (Å²) < 4.78 is 0. The van der Waals surface area contributed by atoms with E-state index in [-0.39, 0.29) is 74.5 Å². The molecule has 11 amide bonds. The van der Waals surface area contributed by atoms with Crippen molar-refractivity contribution in [2.75, 3.05) is 19.6 Å². The Bertz CT molecular complexity index is 2700. The highest BCUT2D eigenvalue weighted by Crippen LogP contribution is 2.16. The number of nitrogens with one attached hydrogen (secondary N) is 10. The molecule has 480 valence electrons. The van der Waals surface area contributed by atoms with Crippen LogP contribution in [0.1, 0.15) is 110 Å². The molecule has 1 saturated heterocycles. The first-order valence-electron chi connectivity index (χ1n) is 28.9. The average molecular weight is 1220 g/mol. The second-order valence-electron chi connectivity index (χ2n) is 21.9. The highest BCUT2D eigenvalue weighted by molar-refractivity contribution is 5.98. The lowest BCUT2D eigenvalue weighted by atomic mass is 9.96. The van der Waals surface area contributed by atoms with E-state index in [0.29, 0.717) is 30.5 Å². The molecule has 2 aromatic rings. The number of phenolic OH excluding ortho intramolecular Hbond substituents is 1. The van der Waals surface area contributed by atoms with Crippen molar-refractivity contribution in [3.05, 3.63) is 65.7 Å². The normalized spacial score (nSPS) is 16.2. The highest BCUT2D eigenvalue weighted by Gasteiger charge is 2.37. The molecule has 3 rings (SSSR count). The van der Waals surface area contributed by atoms with E-state index in [9.17, 15) is 72.9 Å². The molecule has 2 aromatic carbocycles. The van der Waals surface area contributed by atoms with Crippen LogP contribution in [0.15, 0.2) is 59.6 Å². The van der Waals surface area contributed by atoms with Gasteiger partial charge in [0.25, 0.3) is 0 Å². The molecule has 1 aliphatic rings. The second-order valence-corrected chi connectivity index (χ2v) is 21.9. The van der Waals surface area contributed by atoms with Gasteiger partial charge in [0.15, 0.2) is 5.96 Å². The number of carbonyl (C=O) groups is 12. The Balaban J connectivity index is 1.85. The molecule has 0 aromatic heterocycles. The van der Waals surface area contributed by atoms with Gasteiger partial charge < -0.3 is 91.4 Å². The molecule has 0 aliphatic carbocycles. The fourth-order valence-electron chi connectivity index (χ4n) is 9.12. The zero-order valence-corrected chi connectivity index (χ0v) is 49.7. The van der Waals surface area contributed by atoms with E-state index in [1.54, 1.807) is 51.1 Å². The summed E-state index contributed by atoms with van der Waals surface area (Å²) in [5.74, 6) is -12.2. The molecule has 0 bridgehead atoms. The third-order valence-corrected chi connectivity index (χ3v) is 14.1. The van der Waals surface area contributed by atoms with Crippen LogP contribution in [-0.4, -0.2) is 172 Å². The van der Waals surface area contributed by atoms with Gasteiger partial charge >= 0.3 is 5.97 Å². The Morgan fingerprint density at radius 2 is 1.14 bits per heavy atom. The molecule has 1 heterocycles. The number of nitrogens with two attached hydrogens (primary N) is 4. The number of aromatic hydroxyl groups is 1. The van der Waals surface area contributed by atoms with Crippen LogP contribution in [0, 0.1) is 11.8 Å². The van der Waals surface area contributed by atoms with Gasteiger partial charge in [-0.25, -0.2) is 0 Å². The number of hydrogen-bond acceptors (Lipinski definition) is 16. The number of aliphatic hydroxyl groups excluding tert-OH is 1.